The number of likely N-dealkylation sites (N-methyl/N-ethyl adjacent to an activating group) is 1. The van der Waals surface area contributed by atoms with Crippen molar-refractivity contribution in [3.05, 3.63) is 60.0 Å². The summed E-state index contributed by atoms with van der Waals surface area (Å²) in [6, 6.07) is 12.3. The number of halogens is 1. The molecule has 11 heteroatoms. The maximum atomic E-state index is 14.3. The van der Waals surface area contributed by atoms with Gasteiger partial charge in [0.1, 0.15) is 11.6 Å². The summed E-state index contributed by atoms with van der Waals surface area (Å²) in [6.07, 6.45) is 1.68. The van der Waals surface area contributed by atoms with Crippen molar-refractivity contribution in [2.75, 3.05) is 53.5 Å². The van der Waals surface area contributed by atoms with Crippen molar-refractivity contribution in [1.82, 2.24) is 14.9 Å². The molecular weight excluding hydrogens is 481 g/mol. The van der Waals surface area contributed by atoms with Gasteiger partial charge in [0.2, 0.25) is 16.0 Å². The number of benzene rings is 2. The summed E-state index contributed by atoms with van der Waals surface area (Å²) < 4.78 is 40.9. The van der Waals surface area contributed by atoms with Crippen LogP contribution < -0.4 is 20.3 Å². The van der Waals surface area contributed by atoms with Crippen molar-refractivity contribution in [2.24, 2.45) is 0 Å². The molecule has 2 heterocycles. The van der Waals surface area contributed by atoms with Crippen molar-refractivity contribution in [3.8, 4) is 0 Å². The van der Waals surface area contributed by atoms with Crippen LogP contribution >= 0.6 is 0 Å². The van der Waals surface area contributed by atoms with Crippen LogP contribution in [0.15, 0.2) is 48.7 Å². The second kappa shape index (κ2) is 10.7. The Morgan fingerprint density at radius 1 is 0.972 bits per heavy atom. The van der Waals surface area contributed by atoms with Crippen molar-refractivity contribution < 1.29 is 12.8 Å². The van der Waals surface area contributed by atoms with Crippen LogP contribution in [-0.4, -0.2) is 61.8 Å². The van der Waals surface area contributed by atoms with Crippen LogP contribution in [0.2, 0.25) is 0 Å². The van der Waals surface area contributed by atoms with Crippen LogP contribution in [-0.2, 0) is 10.0 Å². The Kier molecular flexibility index (Phi) is 7.60. The SMILES string of the molecule is Cc1cnc(Nc2ccc(N3CCN(C)CC3)cc2)nc1Nc1ccc(F)c(NS(=O)(=O)C(C)C)c1. The van der Waals surface area contributed by atoms with Gasteiger partial charge in [-0.3, -0.25) is 4.72 Å². The number of hydrogen-bond acceptors (Lipinski definition) is 8. The van der Waals surface area contributed by atoms with Crippen molar-refractivity contribution in [3.63, 3.8) is 0 Å². The molecule has 2 aromatic carbocycles. The zero-order valence-corrected chi connectivity index (χ0v) is 21.7. The Labute approximate surface area is 211 Å². The summed E-state index contributed by atoms with van der Waals surface area (Å²) in [7, 11) is -1.55. The number of anilines is 6. The first-order valence-corrected chi connectivity index (χ1v) is 13.4. The van der Waals surface area contributed by atoms with Gasteiger partial charge in [0.05, 0.1) is 10.9 Å². The maximum absolute atomic E-state index is 14.3. The Morgan fingerprint density at radius 2 is 1.64 bits per heavy atom. The lowest BCUT2D eigenvalue weighted by molar-refractivity contribution is 0.313. The molecule has 0 aliphatic carbocycles. The van der Waals surface area contributed by atoms with E-state index in [2.05, 4.69) is 54.3 Å². The molecular formula is C25H32FN7O2S. The first kappa shape index (κ1) is 25.6. The molecule has 0 spiro atoms. The highest BCUT2D eigenvalue weighted by Crippen LogP contribution is 2.26. The van der Waals surface area contributed by atoms with Crippen LogP contribution in [0.5, 0.6) is 0 Å². The molecule has 1 aromatic heterocycles. The quantitative estimate of drug-likeness (QED) is 0.410. The lowest BCUT2D eigenvalue weighted by Crippen LogP contribution is -2.44. The van der Waals surface area contributed by atoms with Crippen LogP contribution in [0, 0.1) is 12.7 Å². The number of sulfonamides is 1. The van der Waals surface area contributed by atoms with E-state index >= 15 is 0 Å². The number of rotatable bonds is 8. The van der Waals surface area contributed by atoms with Gasteiger partial charge in [-0.2, -0.15) is 4.98 Å². The largest absolute Gasteiger partial charge is 0.369 e. The lowest BCUT2D eigenvalue weighted by Gasteiger charge is -2.34. The average Bonchev–Trinajstić information content (AvgIpc) is 2.84. The molecule has 1 aliphatic heterocycles. The van der Waals surface area contributed by atoms with Gasteiger partial charge in [0.25, 0.3) is 0 Å². The number of piperazine rings is 1. The smallest absolute Gasteiger partial charge is 0.235 e. The summed E-state index contributed by atoms with van der Waals surface area (Å²) in [6.45, 7) is 9.01. The Morgan fingerprint density at radius 3 is 2.31 bits per heavy atom. The van der Waals surface area contributed by atoms with Gasteiger partial charge in [-0.05, 0) is 70.3 Å². The third-order valence-corrected chi connectivity index (χ3v) is 7.81. The molecule has 0 bridgehead atoms. The van der Waals surface area contributed by atoms with Crippen LogP contribution in [0.4, 0.5) is 38.9 Å². The Balaban J connectivity index is 1.47. The predicted molar refractivity (Wildman–Crippen MR) is 144 cm³/mol. The highest BCUT2D eigenvalue weighted by molar-refractivity contribution is 7.93. The third kappa shape index (κ3) is 6.21. The molecule has 0 amide bonds. The monoisotopic (exact) mass is 513 g/mol. The molecule has 0 saturated carbocycles. The maximum Gasteiger partial charge on any atom is 0.235 e. The van der Waals surface area contributed by atoms with Crippen molar-refractivity contribution in [1.29, 1.82) is 0 Å². The summed E-state index contributed by atoms with van der Waals surface area (Å²) in [5.74, 6) is 0.260. The number of aromatic nitrogens is 2. The number of nitrogens with one attached hydrogen (secondary N) is 3. The molecule has 192 valence electrons. The molecule has 4 rings (SSSR count). The second-order valence-electron chi connectivity index (χ2n) is 9.20. The summed E-state index contributed by atoms with van der Waals surface area (Å²) in [4.78, 5) is 13.6. The minimum Gasteiger partial charge on any atom is -0.369 e. The van der Waals surface area contributed by atoms with Gasteiger partial charge < -0.3 is 20.4 Å². The minimum absolute atomic E-state index is 0.126. The van der Waals surface area contributed by atoms with Gasteiger partial charge in [-0.25, -0.2) is 17.8 Å². The fourth-order valence-electron chi connectivity index (χ4n) is 3.67. The topological polar surface area (TPSA) is 102 Å². The van der Waals surface area contributed by atoms with E-state index in [1.165, 1.54) is 37.7 Å². The molecule has 1 fully saturated rings. The summed E-state index contributed by atoms with van der Waals surface area (Å²) >= 11 is 0. The second-order valence-corrected chi connectivity index (χ2v) is 11.4. The zero-order chi connectivity index (χ0) is 25.9. The Bertz CT molecular complexity index is 1310. The van der Waals surface area contributed by atoms with Gasteiger partial charge in [0, 0.05) is 55.0 Å². The lowest BCUT2D eigenvalue weighted by atomic mass is 10.2. The van der Waals surface area contributed by atoms with Crippen molar-refractivity contribution >= 4 is 44.5 Å². The normalized spacial score (nSPS) is 14.7. The van der Waals surface area contributed by atoms with E-state index in [0.717, 1.165) is 37.4 Å². The summed E-state index contributed by atoms with van der Waals surface area (Å²) in [5.41, 5.74) is 3.18. The molecule has 1 saturated heterocycles. The fourth-order valence-corrected chi connectivity index (χ4v) is 4.37. The average molecular weight is 514 g/mol. The number of nitrogens with zero attached hydrogens (tertiary/aromatic N) is 4. The van der Waals surface area contributed by atoms with Crippen molar-refractivity contribution in [2.45, 2.75) is 26.0 Å². The fraction of sp³-hybridized carbons (Fsp3) is 0.360. The molecule has 1 aliphatic rings. The molecule has 3 aromatic rings. The highest BCUT2D eigenvalue weighted by atomic mass is 32.2. The molecule has 3 N–H and O–H groups in total. The van der Waals surface area contributed by atoms with E-state index in [0.29, 0.717) is 17.5 Å². The predicted octanol–water partition coefficient (Wildman–Crippen LogP) is 4.31. The van der Waals surface area contributed by atoms with E-state index in [1.807, 2.05) is 19.1 Å². The molecule has 36 heavy (non-hydrogen) atoms. The molecule has 0 unspecified atom stereocenters. The molecule has 9 nitrogen and oxygen atoms in total. The van der Waals surface area contributed by atoms with Gasteiger partial charge in [0.15, 0.2) is 0 Å². The van der Waals surface area contributed by atoms with E-state index in [4.69, 9.17) is 0 Å². The molecule has 0 atom stereocenters. The van der Waals surface area contributed by atoms with E-state index in [1.54, 1.807) is 6.20 Å². The van der Waals surface area contributed by atoms with E-state index in [-0.39, 0.29) is 5.69 Å². The minimum atomic E-state index is -3.68. The van der Waals surface area contributed by atoms with Gasteiger partial charge >= 0.3 is 0 Å². The van der Waals surface area contributed by atoms with Gasteiger partial charge in [-0.1, -0.05) is 0 Å². The number of hydrogen-bond donors (Lipinski definition) is 3. The molecule has 0 radical (unpaired) electrons. The van der Waals surface area contributed by atoms with Crippen LogP contribution in [0.3, 0.4) is 0 Å². The van der Waals surface area contributed by atoms with E-state index in [9.17, 15) is 12.8 Å². The standard InChI is InChI=1S/C25H32FN7O2S/c1-17(2)36(34,35)31-23-15-20(7-10-22(23)26)28-24-18(3)16-27-25(30-24)29-19-5-8-21(9-6-19)33-13-11-32(4)12-14-33/h5-10,15-17,31H,11-14H2,1-4H3,(H2,27,28,29,30). The van der Waals surface area contributed by atoms with E-state index < -0.39 is 21.1 Å². The Hall–Kier alpha value is -3.44. The van der Waals surface area contributed by atoms with Crippen LogP contribution in [0.25, 0.3) is 0 Å². The first-order chi connectivity index (χ1) is 17.1. The van der Waals surface area contributed by atoms with Gasteiger partial charge in [-0.15, -0.1) is 0 Å². The summed E-state index contributed by atoms with van der Waals surface area (Å²) in [5, 5.41) is 5.66. The highest BCUT2D eigenvalue weighted by Gasteiger charge is 2.18. The number of aryl methyl sites for hydroxylation is 1. The zero-order valence-electron chi connectivity index (χ0n) is 20.9. The first-order valence-electron chi connectivity index (χ1n) is 11.8. The third-order valence-electron chi connectivity index (χ3n) is 6.07. The van der Waals surface area contributed by atoms with Crippen LogP contribution in [0.1, 0.15) is 19.4 Å².